The van der Waals surface area contributed by atoms with Gasteiger partial charge in [-0.05, 0) is 60.1 Å². The van der Waals surface area contributed by atoms with Gasteiger partial charge >= 0.3 is 0 Å². The zero-order valence-electron chi connectivity index (χ0n) is 13.9. The van der Waals surface area contributed by atoms with E-state index in [1.165, 1.54) is 27.8 Å². The molecule has 1 heteroatoms. The monoisotopic (exact) mass is 316 g/mol. The number of halogens is 1. The van der Waals surface area contributed by atoms with Crippen molar-refractivity contribution < 1.29 is 4.39 Å². The Morgan fingerprint density at radius 3 is 2.21 bits per heavy atom. The van der Waals surface area contributed by atoms with Crippen molar-refractivity contribution in [3.8, 4) is 0 Å². The van der Waals surface area contributed by atoms with E-state index < -0.39 is 0 Å². The lowest BCUT2D eigenvalue weighted by Crippen LogP contribution is -2.20. The average molecular weight is 316 g/mol. The average Bonchev–Trinajstić information content (AvgIpc) is 2.62. The van der Waals surface area contributed by atoms with Crippen LogP contribution < -0.4 is 0 Å². The third-order valence-electron chi connectivity index (χ3n) is 5.25. The summed E-state index contributed by atoms with van der Waals surface area (Å²) in [5.41, 5.74) is 6.68. The van der Waals surface area contributed by atoms with Crippen LogP contribution in [0.2, 0.25) is 0 Å². The van der Waals surface area contributed by atoms with Crippen LogP contribution in [-0.4, -0.2) is 0 Å². The lowest BCUT2D eigenvalue weighted by Gasteiger charge is -2.34. The summed E-state index contributed by atoms with van der Waals surface area (Å²) < 4.78 is 13.4. The SMILES string of the molecule is Cc1ccc(C2CCc3ccccc3C2c2ccc(F)cc2)cc1. The molecule has 1 aliphatic rings. The molecule has 0 N–H and O–H groups in total. The van der Waals surface area contributed by atoms with Gasteiger partial charge in [0.2, 0.25) is 0 Å². The maximum Gasteiger partial charge on any atom is 0.123 e. The van der Waals surface area contributed by atoms with Gasteiger partial charge in [0.1, 0.15) is 5.82 Å². The smallest absolute Gasteiger partial charge is 0.123 e. The maximum absolute atomic E-state index is 13.4. The number of aryl methyl sites for hydroxylation is 2. The molecule has 0 amide bonds. The molecular weight excluding hydrogens is 295 g/mol. The Bertz CT molecular complexity index is 831. The second-order valence-corrected chi connectivity index (χ2v) is 6.78. The van der Waals surface area contributed by atoms with Crippen LogP contribution in [0.5, 0.6) is 0 Å². The lowest BCUT2D eigenvalue weighted by molar-refractivity contribution is 0.523. The van der Waals surface area contributed by atoms with E-state index in [2.05, 4.69) is 55.5 Å². The summed E-state index contributed by atoms with van der Waals surface area (Å²) in [6.07, 6.45) is 2.23. The molecule has 0 radical (unpaired) electrons. The predicted octanol–water partition coefficient (Wildman–Crippen LogP) is 6.00. The molecule has 0 aromatic heterocycles. The zero-order chi connectivity index (χ0) is 16.5. The van der Waals surface area contributed by atoms with Crippen LogP contribution in [0.4, 0.5) is 4.39 Å². The van der Waals surface area contributed by atoms with Crippen LogP contribution in [0.1, 0.15) is 46.1 Å². The topological polar surface area (TPSA) is 0 Å². The minimum atomic E-state index is -0.172. The van der Waals surface area contributed by atoms with Gasteiger partial charge in [0.05, 0.1) is 0 Å². The van der Waals surface area contributed by atoms with E-state index in [9.17, 15) is 4.39 Å². The van der Waals surface area contributed by atoms with E-state index in [1.807, 2.05) is 12.1 Å². The Balaban J connectivity index is 1.83. The zero-order valence-corrected chi connectivity index (χ0v) is 13.9. The summed E-state index contributed by atoms with van der Waals surface area (Å²) in [5.74, 6) is 0.555. The number of hydrogen-bond acceptors (Lipinski definition) is 0. The number of rotatable bonds is 2. The summed E-state index contributed by atoms with van der Waals surface area (Å²) in [6, 6.07) is 24.7. The van der Waals surface area contributed by atoms with Gasteiger partial charge in [-0.25, -0.2) is 4.39 Å². The summed E-state index contributed by atoms with van der Waals surface area (Å²) in [4.78, 5) is 0. The molecule has 2 unspecified atom stereocenters. The molecular formula is C23H21F. The molecule has 0 spiro atoms. The molecule has 0 heterocycles. The molecule has 3 aromatic rings. The van der Waals surface area contributed by atoms with E-state index >= 15 is 0 Å². The van der Waals surface area contributed by atoms with Gasteiger partial charge < -0.3 is 0 Å². The molecule has 0 nitrogen and oxygen atoms in total. The fourth-order valence-corrected chi connectivity index (χ4v) is 4.01. The number of fused-ring (bicyclic) bond motifs is 1. The van der Waals surface area contributed by atoms with Gasteiger partial charge in [-0.2, -0.15) is 0 Å². The molecule has 2 atom stereocenters. The molecule has 0 saturated heterocycles. The van der Waals surface area contributed by atoms with Crippen molar-refractivity contribution in [2.24, 2.45) is 0 Å². The molecule has 0 bridgehead atoms. The highest BCUT2D eigenvalue weighted by molar-refractivity contribution is 5.45. The first-order valence-corrected chi connectivity index (χ1v) is 8.62. The van der Waals surface area contributed by atoms with Crippen LogP contribution in [0, 0.1) is 12.7 Å². The summed E-state index contributed by atoms with van der Waals surface area (Å²) in [6.45, 7) is 2.12. The number of hydrogen-bond donors (Lipinski definition) is 0. The van der Waals surface area contributed by atoms with E-state index in [1.54, 1.807) is 12.1 Å². The maximum atomic E-state index is 13.4. The van der Waals surface area contributed by atoms with Crippen molar-refractivity contribution in [1.82, 2.24) is 0 Å². The van der Waals surface area contributed by atoms with Crippen molar-refractivity contribution in [2.45, 2.75) is 31.6 Å². The first-order valence-electron chi connectivity index (χ1n) is 8.62. The fraction of sp³-hybridized carbons (Fsp3) is 0.217. The molecule has 0 saturated carbocycles. The van der Waals surface area contributed by atoms with Crippen molar-refractivity contribution in [2.75, 3.05) is 0 Å². The second-order valence-electron chi connectivity index (χ2n) is 6.78. The Morgan fingerprint density at radius 2 is 1.46 bits per heavy atom. The normalized spacial score (nSPS) is 19.8. The number of benzene rings is 3. The van der Waals surface area contributed by atoms with Crippen molar-refractivity contribution >= 4 is 0 Å². The molecule has 120 valence electrons. The van der Waals surface area contributed by atoms with Gasteiger partial charge in [-0.15, -0.1) is 0 Å². The van der Waals surface area contributed by atoms with Crippen LogP contribution in [-0.2, 0) is 6.42 Å². The Hall–Kier alpha value is -2.41. The van der Waals surface area contributed by atoms with E-state index in [4.69, 9.17) is 0 Å². The summed E-state index contributed by atoms with van der Waals surface area (Å²) in [7, 11) is 0. The Kier molecular flexibility index (Phi) is 3.93. The van der Waals surface area contributed by atoms with E-state index in [0.29, 0.717) is 11.8 Å². The predicted molar refractivity (Wildman–Crippen MR) is 96.9 cm³/mol. The van der Waals surface area contributed by atoms with Gasteiger partial charge in [-0.3, -0.25) is 0 Å². The highest BCUT2D eigenvalue weighted by Gasteiger charge is 2.31. The van der Waals surface area contributed by atoms with Crippen LogP contribution >= 0.6 is 0 Å². The van der Waals surface area contributed by atoms with Gasteiger partial charge in [0.25, 0.3) is 0 Å². The minimum absolute atomic E-state index is 0.172. The first-order chi connectivity index (χ1) is 11.7. The molecule has 0 aliphatic heterocycles. The third kappa shape index (κ3) is 2.75. The lowest BCUT2D eigenvalue weighted by atomic mass is 9.69. The second kappa shape index (κ2) is 6.24. The quantitative estimate of drug-likeness (QED) is 0.544. The van der Waals surface area contributed by atoms with Crippen LogP contribution in [0.15, 0.2) is 72.8 Å². The molecule has 3 aromatic carbocycles. The van der Waals surface area contributed by atoms with Gasteiger partial charge in [0, 0.05) is 5.92 Å². The standard InChI is InChI=1S/C23H21F/c1-16-6-8-18(9-7-16)22-15-12-17-4-2-3-5-21(17)23(22)19-10-13-20(24)14-11-19/h2-11,13-14,22-23H,12,15H2,1H3. The van der Waals surface area contributed by atoms with Crippen molar-refractivity contribution in [1.29, 1.82) is 0 Å². The minimum Gasteiger partial charge on any atom is -0.207 e. The van der Waals surface area contributed by atoms with Crippen molar-refractivity contribution in [3.05, 3.63) is 106 Å². The third-order valence-corrected chi connectivity index (χ3v) is 5.25. The first kappa shape index (κ1) is 15.1. The largest absolute Gasteiger partial charge is 0.207 e. The fourth-order valence-electron chi connectivity index (χ4n) is 4.01. The van der Waals surface area contributed by atoms with E-state index in [0.717, 1.165) is 12.8 Å². The van der Waals surface area contributed by atoms with Gasteiger partial charge in [0.15, 0.2) is 0 Å². The molecule has 0 fully saturated rings. The van der Waals surface area contributed by atoms with Crippen LogP contribution in [0.3, 0.4) is 0 Å². The Labute approximate surface area is 143 Å². The molecule has 24 heavy (non-hydrogen) atoms. The molecule has 4 rings (SSSR count). The van der Waals surface area contributed by atoms with Crippen LogP contribution in [0.25, 0.3) is 0 Å². The van der Waals surface area contributed by atoms with Crippen molar-refractivity contribution in [3.63, 3.8) is 0 Å². The summed E-state index contributed by atoms with van der Waals surface area (Å²) >= 11 is 0. The highest BCUT2D eigenvalue weighted by atomic mass is 19.1. The highest BCUT2D eigenvalue weighted by Crippen LogP contribution is 2.46. The molecule has 1 aliphatic carbocycles. The Morgan fingerprint density at radius 1 is 0.792 bits per heavy atom. The van der Waals surface area contributed by atoms with Gasteiger partial charge in [-0.1, -0.05) is 66.2 Å². The summed E-state index contributed by atoms with van der Waals surface area (Å²) in [5, 5.41) is 0. The van der Waals surface area contributed by atoms with E-state index in [-0.39, 0.29) is 5.82 Å².